The fraction of sp³-hybridized carbons (Fsp3) is 0.429. The smallest absolute Gasteiger partial charge is 0.166 e. The predicted octanol–water partition coefficient (Wildman–Crippen LogP) is 5.45. The molecule has 3 nitrogen and oxygen atoms in total. The highest BCUT2D eigenvalue weighted by Crippen LogP contribution is 2.32. The van der Waals surface area contributed by atoms with E-state index in [0.717, 1.165) is 42.1 Å². The topological polar surface area (TPSA) is 30.5 Å². The van der Waals surface area contributed by atoms with E-state index in [2.05, 4.69) is 25.2 Å². The Morgan fingerprint density at radius 2 is 1.76 bits per heavy atom. The van der Waals surface area contributed by atoms with Crippen molar-refractivity contribution < 1.29 is 9.47 Å². The van der Waals surface area contributed by atoms with Crippen LogP contribution in [-0.4, -0.2) is 13.2 Å². The van der Waals surface area contributed by atoms with Gasteiger partial charge in [-0.1, -0.05) is 55.8 Å². The second-order valence-corrected chi connectivity index (χ2v) is 6.82. The third kappa shape index (κ3) is 6.26. The van der Waals surface area contributed by atoms with Gasteiger partial charge >= 0.3 is 0 Å². The highest BCUT2D eigenvalue weighted by atomic mass is 35.5. The lowest BCUT2D eigenvalue weighted by Crippen LogP contribution is -2.17. The van der Waals surface area contributed by atoms with Gasteiger partial charge in [0, 0.05) is 22.7 Å². The molecule has 0 unspecified atom stereocenters. The molecule has 0 aliphatic carbocycles. The Morgan fingerprint density at radius 3 is 2.48 bits per heavy atom. The lowest BCUT2D eigenvalue weighted by molar-refractivity contribution is 0.266. The van der Waals surface area contributed by atoms with Crippen molar-refractivity contribution in [3.8, 4) is 11.5 Å². The zero-order chi connectivity index (χ0) is 18.1. The van der Waals surface area contributed by atoms with Gasteiger partial charge in [0.05, 0.1) is 6.61 Å². The van der Waals surface area contributed by atoms with E-state index in [0.29, 0.717) is 24.2 Å². The van der Waals surface area contributed by atoms with Crippen molar-refractivity contribution in [1.82, 2.24) is 5.32 Å². The van der Waals surface area contributed by atoms with Crippen molar-refractivity contribution >= 4 is 11.6 Å². The first kappa shape index (κ1) is 19.6. The maximum absolute atomic E-state index is 6.24. The highest BCUT2D eigenvalue weighted by Gasteiger charge is 2.12. The van der Waals surface area contributed by atoms with Gasteiger partial charge in [0.2, 0.25) is 0 Å². The lowest BCUT2D eigenvalue weighted by Gasteiger charge is -2.17. The van der Waals surface area contributed by atoms with E-state index in [4.69, 9.17) is 21.1 Å². The quantitative estimate of drug-likeness (QED) is 0.570. The minimum Gasteiger partial charge on any atom is -0.490 e. The average Bonchev–Trinajstić information content (AvgIpc) is 2.59. The third-order valence-electron chi connectivity index (χ3n) is 3.90. The Labute approximate surface area is 156 Å². The van der Waals surface area contributed by atoms with Gasteiger partial charge in [-0.15, -0.1) is 0 Å². The van der Waals surface area contributed by atoms with Crippen molar-refractivity contribution in [1.29, 1.82) is 0 Å². The zero-order valence-electron chi connectivity index (χ0n) is 15.3. The molecule has 0 atom stereocenters. The molecule has 0 heterocycles. The molecule has 0 aliphatic rings. The SMILES string of the molecule is CCOc1cccc(CNCCC(C)C)c1OCc1ccccc1Cl. The van der Waals surface area contributed by atoms with E-state index in [1.165, 1.54) is 0 Å². The number of rotatable bonds is 10. The van der Waals surface area contributed by atoms with Gasteiger partial charge in [-0.2, -0.15) is 0 Å². The van der Waals surface area contributed by atoms with Crippen LogP contribution in [0.2, 0.25) is 5.02 Å². The standard InChI is InChI=1S/C21H28ClNO2/c1-4-24-20-11-7-9-17(14-23-13-12-16(2)3)21(20)25-15-18-8-5-6-10-19(18)22/h5-11,16,23H,4,12-15H2,1-3H3. The second kappa shape index (κ2) is 10.3. The van der Waals surface area contributed by atoms with Crippen LogP contribution in [0.1, 0.15) is 38.3 Å². The Bertz CT molecular complexity index is 658. The molecule has 2 aromatic rings. The van der Waals surface area contributed by atoms with Crippen molar-refractivity contribution in [3.63, 3.8) is 0 Å². The molecule has 4 heteroatoms. The van der Waals surface area contributed by atoms with Crippen LogP contribution < -0.4 is 14.8 Å². The molecule has 0 amide bonds. The van der Waals surface area contributed by atoms with E-state index in [9.17, 15) is 0 Å². The molecular formula is C21H28ClNO2. The van der Waals surface area contributed by atoms with Crippen molar-refractivity contribution in [3.05, 3.63) is 58.6 Å². The predicted molar refractivity (Wildman–Crippen MR) is 105 cm³/mol. The molecule has 25 heavy (non-hydrogen) atoms. The largest absolute Gasteiger partial charge is 0.490 e. The minimum atomic E-state index is 0.419. The third-order valence-corrected chi connectivity index (χ3v) is 4.27. The van der Waals surface area contributed by atoms with E-state index in [1.54, 1.807) is 0 Å². The summed E-state index contributed by atoms with van der Waals surface area (Å²) in [5.74, 6) is 2.26. The molecule has 0 aliphatic heterocycles. The summed E-state index contributed by atoms with van der Waals surface area (Å²) in [5, 5.41) is 4.21. The maximum Gasteiger partial charge on any atom is 0.166 e. The van der Waals surface area contributed by atoms with Crippen LogP contribution >= 0.6 is 11.6 Å². The number of ether oxygens (including phenoxy) is 2. The first-order valence-electron chi connectivity index (χ1n) is 8.93. The zero-order valence-corrected chi connectivity index (χ0v) is 16.1. The Balaban J connectivity index is 2.10. The van der Waals surface area contributed by atoms with E-state index < -0.39 is 0 Å². The van der Waals surface area contributed by atoms with Crippen LogP contribution in [0, 0.1) is 5.92 Å². The summed E-state index contributed by atoms with van der Waals surface area (Å²) in [4.78, 5) is 0. The molecule has 1 N–H and O–H groups in total. The van der Waals surface area contributed by atoms with Crippen LogP contribution in [-0.2, 0) is 13.2 Å². The van der Waals surface area contributed by atoms with Crippen LogP contribution in [0.3, 0.4) is 0 Å². The molecule has 0 saturated carbocycles. The van der Waals surface area contributed by atoms with Gasteiger partial charge < -0.3 is 14.8 Å². The summed E-state index contributed by atoms with van der Waals surface area (Å²) in [6, 6.07) is 13.8. The summed E-state index contributed by atoms with van der Waals surface area (Å²) in [6.07, 6.45) is 1.15. The molecule has 2 rings (SSSR count). The second-order valence-electron chi connectivity index (χ2n) is 6.42. The first-order chi connectivity index (χ1) is 12.1. The summed E-state index contributed by atoms with van der Waals surface area (Å²) < 4.78 is 11.9. The number of hydrogen-bond donors (Lipinski definition) is 1. The summed E-state index contributed by atoms with van der Waals surface area (Å²) in [7, 11) is 0. The number of hydrogen-bond acceptors (Lipinski definition) is 3. The van der Waals surface area contributed by atoms with Crippen LogP contribution in [0.5, 0.6) is 11.5 Å². The normalized spacial score (nSPS) is 10.9. The number of para-hydroxylation sites is 1. The van der Waals surface area contributed by atoms with Crippen LogP contribution in [0.25, 0.3) is 0 Å². The number of benzene rings is 2. The summed E-state index contributed by atoms with van der Waals surface area (Å²) in [6.45, 7) is 9.21. The Hall–Kier alpha value is -1.71. The maximum atomic E-state index is 6.24. The Kier molecular flexibility index (Phi) is 8.10. The molecule has 2 aromatic carbocycles. The molecule has 0 aromatic heterocycles. The van der Waals surface area contributed by atoms with Gasteiger partial charge in [-0.25, -0.2) is 0 Å². The monoisotopic (exact) mass is 361 g/mol. The van der Waals surface area contributed by atoms with Crippen LogP contribution in [0.15, 0.2) is 42.5 Å². The lowest BCUT2D eigenvalue weighted by atomic mass is 10.1. The van der Waals surface area contributed by atoms with Gasteiger partial charge in [0.15, 0.2) is 11.5 Å². The molecule has 0 radical (unpaired) electrons. The average molecular weight is 362 g/mol. The molecule has 0 bridgehead atoms. The van der Waals surface area contributed by atoms with Gasteiger partial charge in [-0.3, -0.25) is 0 Å². The molecule has 0 saturated heterocycles. The first-order valence-corrected chi connectivity index (χ1v) is 9.31. The minimum absolute atomic E-state index is 0.419. The molecule has 0 spiro atoms. The summed E-state index contributed by atoms with van der Waals surface area (Å²) >= 11 is 6.24. The molecule has 0 fully saturated rings. The number of nitrogens with one attached hydrogen (secondary N) is 1. The van der Waals surface area contributed by atoms with Crippen LogP contribution in [0.4, 0.5) is 0 Å². The molecular weight excluding hydrogens is 334 g/mol. The summed E-state index contributed by atoms with van der Waals surface area (Å²) in [5.41, 5.74) is 2.07. The van der Waals surface area contributed by atoms with Gasteiger partial charge in [0.1, 0.15) is 6.61 Å². The number of halogens is 1. The fourth-order valence-corrected chi connectivity index (χ4v) is 2.70. The van der Waals surface area contributed by atoms with E-state index >= 15 is 0 Å². The van der Waals surface area contributed by atoms with Gasteiger partial charge in [-0.05, 0) is 37.9 Å². The van der Waals surface area contributed by atoms with E-state index in [1.807, 2.05) is 43.3 Å². The highest BCUT2D eigenvalue weighted by molar-refractivity contribution is 6.31. The van der Waals surface area contributed by atoms with Crippen molar-refractivity contribution in [2.45, 2.75) is 40.3 Å². The van der Waals surface area contributed by atoms with Gasteiger partial charge in [0.25, 0.3) is 0 Å². The van der Waals surface area contributed by atoms with Crippen molar-refractivity contribution in [2.75, 3.05) is 13.2 Å². The van der Waals surface area contributed by atoms with E-state index in [-0.39, 0.29) is 0 Å². The van der Waals surface area contributed by atoms with Crippen molar-refractivity contribution in [2.24, 2.45) is 5.92 Å². The Morgan fingerprint density at radius 1 is 1.00 bits per heavy atom. The fourth-order valence-electron chi connectivity index (χ4n) is 2.51. The molecule has 136 valence electrons.